The Kier molecular flexibility index (Phi) is 5.67. The SMILES string of the molecule is CC1CC=C(F)C=C1c1cncc2[nH]c(-c3n[nH]c4ncc(-c5cncc(NC(=O)N(C)C)c5)cc34)nc12. The molecule has 0 fully saturated rings. The lowest BCUT2D eigenvalue weighted by atomic mass is 9.88. The molecule has 2 amide bonds. The predicted octanol–water partition coefficient (Wildman–Crippen LogP) is 5.33. The molecule has 0 spiro atoms. The summed E-state index contributed by atoms with van der Waals surface area (Å²) in [6, 6.07) is 3.54. The predicted molar refractivity (Wildman–Crippen MR) is 144 cm³/mol. The number of amides is 2. The van der Waals surface area contributed by atoms with Crippen molar-refractivity contribution in [3.8, 4) is 22.6 Å². The van der Waals surface area contributed by atoms with Crippen molar-refractivity contribution >= 4 is 39.4 Å². The number of halogens is 1. The van der Waals surface area contributed by atoms with E-state index in [1.165, 1.54) is 4.90 Å². The maximum absolute atomic E-state index is 14.1. The highest BCUT2D eigenvalue weighted by atomic mass is 19.1. The van der Waals surface area contributed by atoms with Crippen molar-refractivity contribution in [3.05, 3.63) is 66.7 Å². The van der Waals surface area contributed by atoms with Crippen LogP contribution in [0.1, 0.15) is 18.9 Å². The number of carbonyl (C=O) groups excluding carboxylic acids is 1. The Morgan fingerprint density at radius 2 is 1.92 bits per heavy atom. The topological polar surface area (TPSA) is 128 Å². The van der Waals surface area contributed by atoms with E-state index in [9.17, 15) is 9.18 Å². The van der Waals surface area contributed by atoms with Gasteiger partial charge in [-0.15, -0.1) is 0 Å². The average molecular weight is 510 g/mol. The third-order valence-corrected chi connectivity index (χ3v) is 6.57. The third-order valence-electron chi connectivity index (χ3n) is 6.57. The number of hydrogen-bond donors (Lipinski definition) is 3. The summed E-state index contributed by atoms with van der Waals surface area (Å²) in [6.07, 6.45) is 12.2. The molecule has 10 nitrogen and oxygen atoms in total. The number of anilines is 1. The summed E-state index contributed by atoms with van der Waals surface area (Å²) in [5, 5.41) is 11.0. The Morgan fingerprint density at radius 3 is 2.76 bits per heavy atom. The van der Waals surface area contributed by atoms with Crippen molar-refractivity contribution in [3.63, 3.8) is 0 Å². The van der Waals surface area contributed by atoms with Crippen LogP contribution in [0.15, 0.2) is 61.1 Å². The number of allylic oxidation sites excluding steroid dienone is 4. The van der Waals surface area contributed by atoms with Crippen LogP contribution in [0.4, 0.5) is 14.9 Å². The van der Waals surface area contributed by atoms with Gasteiger partial charge in [-0.05, 0) is 42.2 Å². The number of hydrogen-bond acceptors (Lipinski definition) is 6. The lowest BCUT2D eigenvalue weighted by Gasteiger charge is -2.18. The molecule has 0 aromatic carbocycles. The van der Waals surface area contributed by atoms with Crippen molar-refractivity contribution in [2.24, 2.45) is 5.92 Å². The van der Waals surface area contributed by atoms with Crippen molar-refractivity contribution in [2.45, 2.75) is 13.3 Å². The van der Waals surface area contributed by atoms with E-state index in [1.807, 2.05) is 12.1 Å². The zero-order valence-electron chi connectivity index (χ0n) is 21.0. The van der Waals surface area contributed by atoms with Crippen LogP contribution in [0, 0.1) is 5.92 Å². The molecule has 6 rings (SSSR count). The minimum atomic E-state index is -0.248. The zero-order chi connectivity index (χ0) is 26.4. The second-order valence-corrected chi connectivity index (χ2v) is 9.47. The Hall–Kier alpha value is -4.93. The number of aromatic amines is 2. The molecule has 5 aromatic rings. The molecule has 1 unspecified atom stereocenters. The fourth-order valence-electron chi connectivity index (χ4n) is 4.51. The summed E-state index contributed by atoms with van der Waals surface area (Å²) in [5.74, 6) is 0.444. The van der Waals surface area contributed by atoms with Crippen LogP contribution in [0.5, 0.6) is 0 Å². The Bertz CT molecular complexity index is 1770. The van der Waals surface area contributed by atoms with Crippen molar-refractivity contribution in [2.75, 3.05) is 19.4 Å². The molecule has 0 saturated carbocycles. The van der Waals surface area contributed by atoms with Gasteiger partial charge in [-0.25, -0.2) is 19.2 Å². The number of rotatable bonds is 4. The number of pyridine rings is 3. The van der Waals surface area contributed by atoms with Gasteiger partial charge in [0.2, 0.25) is 0 Å². The van der Waals surface area contributed by atoms with E-state index in [2.05, 4.69) is 42.4 Å². The number of nitrogens with zero attached hydrogens (tertiary/aromatic N) is 6. The molecule has 11 heteroatoms. The van der Waals surface area contributed by atoms with Gasteiger partial charge >= 0.3 is 6.03 Å². The van der Waals surface area contributed by atoms with Crippen molar-refractivity contribution in [1.29, 1.82) is 0 Å². The summed E-state index contributed by atoms with van der Waals surface area (Å²) in [7, 11) is 3.34. The number of imidazole rings is 1. The highest BCUT2D eigenvalue weighted by Crippen LogP contribution is 2.36. The monoisotopic (exact) mass is 509 g/mol. The molecule has 190 valence electrons. The number of urea groups is 1. The minimum Gasteiger partial charge on any atom is -0.335 e. The molecule has 0 bridgehead atoms. The first-order valence-electron chi connectivity index (χ1n) is 12.1. The highest BCUT2D eigenvalue weighted by Gasteiger charge is 2.21. The summed E-state index contributed by atoms with van der Waals surface area (Å²) in [4.78, 5) is 34.8. The van der Waals surface area contributed by atoms with E-state index in [4.69, 9.17) is 4.98 Å². The highest BCUT2D eigenvalue weighted by molar-refractivity contribution is 5.96. The van der Waals surface area contributed by atoms with Crippen LogP contribution in [0.2, 0.25) is 0 Å². The van der Waals surface area contributed by atoms with Gasteiger partial charge in [0.15, 0.2) is 11.5 Å². The second kappa shape index (κ2) is 9.18. The quantitative estimate of drug-likeness (QED) is 0.300. The van der Waals surface area contributed by atoms with Gasteiger partial charge in [0, 0.05) is 49.4 Å². The normalized spacial score (nSPS) is 15.4. The van der Waals surface area contributed by atoms with Crippen LogP contribution >= 0.6 is 0 Å². The van der Waals surface area contributed by atoms with Gasteiger partial charge in [-0.3, -0.25) is 15.1 Å². The Morgan fingerprint density at radius 1 is 1.11 bits per heavy atom. The molecule has 3 N–H and O–H groups in total. The number of carbonyl (C=O) groups is 1. The number of aromatic nitrogens is 7. The molecule has 1 atom stereocenters. The largest absolute Gasteiger partial charge is 0.335 e. The Labute approximate surface area is 216 Å². The standard InChI is InChI=1S/C27H24FN9O/c1-14-4-5-17(28)8-19(14)21-12-30-13-22-23(21)34-26(33-22)24-20-7-16(10-31-25(20)36-35-24)15-6-18(11-29-9-15)32-27(38)37(2)3/h5-14H,4H2,1-3H3,(H,32,38)(H,33,34)(H,31,35,36). The molecule has 0 saturated heterocycles. The van der Waals surface area contributed by atoms with Gasteiger partial charge in [0.1, 0.15) is 11.5 Å². The molecule has 0 aliphatic heterocycles. The third kappa shape index (κ3) is 4.17. The van der Waals surface area contributed by atoms with Gasteiger partial charge in [-0.1, -0.05) is 6.92 Å². The molecule has 0 radical (unpaired) electrons. The Balaban J connectivity index is 1.41. The smallest absolute Gasteiger partial charge is 0.321 e. The maximum Gasteiger partial charge on any atom is 0.321 e. The average Bonchev–Trinajstić information content (AvgIpc) is 3.53. The summed E-state index contributed by atoms with van der Waals surface area (Å²) >= 11 is 0. The van der Waals surface area contributed by atoms with Gasteiger partial charge in [0.25, 0.3) is 0 Å². The van der Waals surface area contributed by atoms with E-state index in [0.717, 1.165) is 33.2 Å². The number of nitrogens with one attached hydrogen (secondary N) is 3. The van der Waals surface area contributed by atoms with Crippen LogP contribution < -0.4 is 5.32 Å². The summed E-state index contributed by atoms with van der Waals surface area (Å²) < 4.78 is 14.1. The fraction of sp³-hybridized carbons (Fsp3) is 0.185. The first kappa shape index (κ1) is 23.5. The van der Waals surface area contributed by atoms with E-state index in [-0.39, 0.29) is 17.8 Å². The molecule has 38 heavy (non-hydrogen) atoms. The lowest BCUT2D eigenvalue weighted by molar-refractivity contribution is 0.230. The van der Waals surface area contributed by atoms with Crippen molar-refractivity contribution < 1.29 is 9.18 Å². The molecule has 1 aliphatic carbocycles. The summed E-state index contributed by atoms with van der Waals surface area (Å²) in [6.45, 7) is 2.06. The number of fused-ring (bicyclic) bond motifs is 2. The van der Waals surface area contributed by atoms with Crippen LogP contribution in [0.3, 0.4) is 0 Å². The fourth-order valence-corrected chi connectivity index (χ4v) is 4.51. The molecule has 5 heterocycles. The van der Waals surface area contributed by atoms with E-state index >= 15 is 0 Å². The number of H-pyrrole nitrogens is 2. The van der Waals surface area contributed by atoms with Crippen LogP contribution in [-0.4, -0.2) is 60.1 Å². The molecular formula is C27H24FN9O. The van der Waals surface area contributed by atoms with Gasteiger partial charge < -0.3 is 15.2 Å². The van der Waals surface area contributed by atoms with Gasteiger partial charge in [-0.2, -0.15) is 5.10 Å². The zero-order valence-corrected chi connectivity index (χ0v) is 21.0. The minimum absolute atomic E-state index is 0.145. The molecule has 5 aromatic heterocycles. The first-order valence-corrected chi connectivity index (χ1v) is 12.1. The van der Waals surface area contributed by atoms with E-state index < -0.39 is 0 Å². The van der Waals surface area contributed by atoms with Crippen LogP contribution in [0.25, 0.3) is 50.3 Å². The van der Waals surface area contributed by atoms with E-state index in [1.54, 1.807) is 57.2 Å². The summed E-state index contributed by atoms with van der Waals surface area (Å²) in [5.41, 5.74) is 6.45. The molecule has 1 aliphatic rings. The van der Waals surface area contributed by atoms with Crippen LogP contribution in [-0.2, 0) is 0 Å². The second-order valence-electron chi connectivity index (χ2n) is 9.47. The van der Waals surface area contributed by atoms with E-state index in [0.29, 0.717) is 34.8 Å². The lowest BCUT2D eigenvalue weighted by Crippen LogP contribution is -2.27. The molecular weight excluding hydrogens is 485 g/mol. The first-order chi connectivity index (χ1) is 18.4. The maximum atomic E-state index is 14.1. The van der Waals surface area contributed by atoms with Crippen molar-refractivity contribution in [1.82, 2.24) is 40.0 Å². The van der Waals surface area contributed by atoms with Gasteiger partial charge in [0.05, 0.1) is 34.5 Å².